The lowest BCUT2D eigenvalue weighted by molar-refractivity contribution is 0.0728. The summed E-state index contributed by atoms with van der Waals surface area (Å²) in [6.45, 7) is 0. The quantitative estimate of drug-likeness (QED) is 0.444. The molecule has 0 aliphatic carbocycles. The van der Waals surface area contributed by atoms with E-state index in [1.54, 1.807) is 24.3 Å². The number of hydrogen-bond acceptors (Lipinski definition) is 2. The van der Waals surface area contributed by atoms with Crippen molar-refractivity contribution in [1.82, 2.24) is 0 Å². The first-order valence-corrected chi connectivity index (χ1v) is 6.45. The molecule has 0 atom stereocenters. The molecule has 18 heavy (non-hydrogen) atoms. The number of ether oxygens (including phenoxy) is 1. The fourth-order valence-corrected chi connectivity index (χ4v) is 1.88. The molecule has 0 fully saturated rings. The highest BCUT2D eigenvalue weighted by Gasteiger charge is 2.14. The number of hydrogen-bond donors (Lipinski definition) is 0. The summed E-state index contributed by atoms with van der Waals surface area (Å²) in [4.78, 5) is 11.8. The molecule has 2 aromatic carbocycles. The van der Waals surface area contributed by atoms with Gasteiger partial charge in [-0.05, 0) is 59.0 Å². The Bertz CT molecular complexity index is 564. The Morgan fingerprint density at radius 2 is 1.83 bits per heavy atom. The van der Waals surface area contributed by atoms with Crippen molar-refractivity contribution >= 4 is 40.2 Å². The van der Waals surface area contributed by atoms with Gasteiger partial charge in [-0.25, -0.2) is 9.18 Å². The molecule has 0 spiro atoms. The molecule has 0 amide bonds. The lowest BCUT2D eigenvalue weighted by atomic mass is 10.2. The summed E-state index contributed by atoms with van der Waals surface area (Å²) >= 11 is 7.89. The molecule has 0 saturated heterocycles. The van der Waals surface area contributed by atoms with Gasteiger partial charge in [0.25, 0.3) is 0 Å². The van der Waals surface area contributed by atoms with Crippen molar-refractivity contribution in [3.05, 3.63) is 62.4 Å². The van der Waals surface area contributed by atoms with Gasteiger partial charge >= 0.3 is 5.97 Å². The van der Waals surface area contributed by atoms with Crippen LogP contribution in [0.5, 0.6) is 5.75 Å². The van der Waals surface area contributed by atoms with E-state index in [1.807, 2.05) is 0 Å². The average Bonchev–Trinajstić information content (AvgIpc) is 2.34. The second-order valence-corrected chi connectivity index (χ2v) is 5.10. The van der Waals surface area contributed by atoms with Crippen LogP contribution in [0.25, 0.3) is 0 Å². The van der Waals surface area contributed by atoms with E-state index in [1.165, 1.54) is 18.2 Å². The maximum Gasteiger partial charge on any atom is 0.343 e. The number of carbonyl (C=O) groups is 1. The third-order valence-corrected chi connectivity index (χ3v) is 3.21. The molecule has 0 aliphatic heterocycles. The highest BCUT2D eigenvalue weighted by Crippen LogP contribution is 2.28. The second-order valence-electron chi connectivity index (χ2n) is 3.45. The first kappa shape index (κ1) is 13.3. The second kappa shape index (κ2) is 5.67. The van der Waals surface area contributed by atoms with Crippen LogP contribution in [-0.4, -0.2) is 5.97 Å². The molecule has 0 unspecified atom stereocenters. The van der Waals surface area contributed by atoms with Gasteiger partial charge in [0.1, 0.15) is 0 Å². The molecule has 92 valence electrons. The smallest absolute Gasteiger partial charge is 0.343 e. The Labute approximate surface area is 122 Å². The monoisotopic (exact) mass is 376 g/mol. The van der Waals surface area contributed by atoms with E-state index in [9.17, 15) is 9.18 Å². The fourth-order valence-electron chi connectivity index (χ4n) is 1.32. The zero-order valence-corrected chi connectivity index (χ0v) is 11.9. The van der Waals surface area contributed by atoms with Gasteiger partial charge in [0, 0.05) is 3.57 Å². The van der Waals surface area contributed by atoms with Gasteiger partial charge in [0.05, 0.1) is 10.6 Å². The largest absolute Gasteiger partial charge is 0.418 e. The Balaban J connectivity index is 2.24. The minimum absolute atomic E-state index is 0.0638. The van der Waals surface area contributed by atoms with Gasteiger partial charge in [-0.15, -0.1) is 0 Å². The Morgan fingerprint density at radius 1 is 1.17 bits per heavy atom. The zero-order chi connectivity index (χ0) is 13.1. The molecule has 0 saturated carbocycles. The summed E-state index contributed by atoms with van der Waals surface area (Å²) in [5.74, 6) is -1.55. The molecule has 0 radical (unpaired) electrons. The number of para-hydroxylation sites is 1. The third kappa shape index (κ3) is 3.00. The van der Waals surface area contributed by atoms with Gasteiger partial charge < -0.3 is 4.74 Å². The van der Waals surface area contributed by atoms with Crippen molar-refractivity contribution in [1.29, 1.82) is 0 Å². The highest BCUT2D eigenvalue weighted by atomic mass is 127. The Kier molecular flexibility index (Phi) is 4.19. The van der Waals surface area contributed by atoms with E-state index < -0.39 is 11.8 Å². The summed E-state index contributed by atoms with van der Waals surface area (Å²) in [7, 11) is 0. The normalized spacial score (nSPS) is 10.2. The van der Waals surface area contributed by atoms with Crippen LogP contribution in [0.15, 0.2) is 42.5 Å². The molecule has 2 rings (SSSR count). The maximum atomic E-state index is 13.4. The summed E-state index contributed by atoms with van der Waals surface area (Å²) in [5.41, 5.74) is 0.342. The summed E-state index contributed by atoms with van der Waals surface area (Å²) in [5, 5.41) is 0.0638. The van der Waals surface area contributed by atoms with Gasteiger partial charge in [-0.1, -0.05) is 17.7 Å². The molecule has 2 aromatic rings. The maximum absolute atomic E-state index is 13.4. The first-order valence-electron chi connectivity index (χ1n) is 4.99. The van der Waals surface area contributed by atoms with Crippen LogP contribution < -0.4 is 4.74 Å². The standard InChI is InChI=1S/C13H7ClFIO2/c14-10-2-1-3-11(15)12(10)18-13(17)8-4-6-9(16)7-5-8/h1-7H. The molecule has 0 aromatic heterocycles. The zero-order valence-electron chi connectivity index (χ0n) is 8.99. The van der Waals surface area contributed by atoms with Crippen LogP contribution in [0, 0.1) is 9.39 Å². The van der Waals surface area contributed by atoms with E-state index in [0.717, 1.165) is 3.57 Å². The molecular formula is C13H7ClFIO2. The van der Waals surface area contributed by atoms with Gasteiger partial charge in [-0.3, -0.25) is 0 Å². The number of carbonyl (C=O) groups excluding carboxylic acids is 1. The van der Waals surface area contributed by atoms with E-state index in [2.05, 4.69) is 22.6 Å². The first-order chi connectivity index (χ1) is 8.58. The molecule has 0 aliphatic rings. The topological polar surface area (TPSA) is 26.3 Å². The van der Waals surface area contributed by atoms with Crippen LogP contribution in [-0.2, 0) is 0 Å². The van der Waals surface area contributed by atoms with Crippen molar-refractivity contribution in [2.45, 2.75) is 0 Å². The van der Waals surface area contributed by atoms with Crippen LogP contribution in [0.4, 0.5) is 4.39 Å². The SMILES string of the molecule is O=C(Oc1c(F)cccc1Cl)c1ccc(I)cc1. The predicted octanol–water partition coefficient (Wildman–Crippen LogP) is 4.30. The van der Waals surface area contributed by atoms with Crippen molar-refractivity contribution in [2.75, 3.05) is 0 Å². The molecular weight excluding hydrogens is 369 g/mol. The minimum Gasteiger partial charge on any atom is -0.418 e. The molecule has 0 bridgehead atoms. The van der Waals surface area contributed by atoms with Crippen molar-refractivity contribution in [3.63, 3.8) is 0 Å². The molecule has 0 heterocycles. The van der Waals surface area contributed by atoms with E-state index >= 15 is 0 Å². The number of esters is 1. The highest BCUT2D eigenvalue weighted by molar-refractivity contribution is 14.1. The van der Waals surface area contributed by atoms with Crippen LogP contribution in [0.2, 0.25) is 5.02 Å². The van der Waals surface area contributed by atoms with E-state index in [-0.39, 0.29) is 10.8 Å². The fraction of sp³-hybridized carbons (Fsp3) is 0. The Morgan fingerprint density at radius 3 is 2.44 bits per heavy atom. The summed E-state index contributed by atoms with van der Waals surface area (Å²) in [6, 6.07) is 10.8. The van der Waals surface area contributed by atoms with Gasteiger partial charge in [0.2, 0.25) is 0 Å². The number of rotatable bonds is 2. The molecule has 2 nitrogen and oxygen atoms in total. The van der Waals surface area contributed by atoms with E-state index in [0.29, 0.717) is 5.56 Å². The molecule has 0 N–H and O–H groups in total. The number of benzene rings is 2. The van der Waals surface area contributed by atoms with Crippen molar-refractivity contribution in [2.24, 2.45) is 0 Å². The number of halogens is 3. The van der Waals surface area contributed by atoms with Crippen LogP contribution in [0.3, 0.4) is 0 Å². The van der Waals surface area contributed by atoms with E-state index in [4.69, 9.17) is 16.3 Å². The predicted molar refractivity (Wildman–Crippen MR) is 75.5 cm³/mol. The third-order valence-electron chi connectivity index (χ3n) is 2.19. The minimum atomic E-state index is -0.665. The Hall–Kier alpha value is -1.14. The summed E-state index contributed by atoms with van der Waals surface area (Å²) in [6.07, 6.45) is 0. The lowest BCUT2D eigenvalue weighted by Crippen LogP contribution is -2.09. The molecule has 5 heteroatoms. The van der Waals surface area contributed by atoms with Crippen molar-refractivity contribution < 1.29 is 13.9 Å². The van der Waals surface area contributed by atoms with Crippen LogP contribution in [0.1, 0.15) is 10.4 Å². The van der Waals surface area contributed by atoms with Gasteiger partial charge in [0.15, 0.2) is 11.6 Å². The summed E-state index contributed by atoms with van der Waals surface area (Å²) < 4.78 is 19.4. The van der Waals surface area contributed by atoms with Crippen LogP contribution >= 0.6 is 34.2 Å². The average molecular weight is 377 g/mol. The van der Waals surface area contributed by atoms with Gasteiger partial charge in [-0.2, -0.15) is 0 Å². The lowest BCUT2D eigenvalue weighted by Gasteiger charge is -2.07. The van der Waals surface area contributed by atoms with Crippen molar-refractivity contribution in [3.8, 4) is 5.75 Å².